The highest BCUT2D eigenvalue weighted by Gasteiger charge is 2.09. The number of aliphatic hydroxyl groups excluding tert-OH is 1. The van der Waals surface area contributed by atoms with Crippen molar-refractivity contribution in [2.75, 3.05) is 6.61 Å². The molecule has 0 saturated carbocycles. The van der Waals surface area contributed by atoms with E-state index < -0.39 is 0 Å². The Morgan fingerprint density at radius 2 is 2.12 bits per heavy atom. The number of nitrogens with zero attached hydrogens (tertiary/aromatic N) is 1. The molecule has 0 aliphatic rings. The van der Waals surface area contributed by atoms with Gasteiger partial charge in [-0.3, -0.25) is 4.99 Å². The average Bonchev–Trinajstić information content (AvgIpc) is 2.23. The summed E-state index contributed by atoms with van der Waals surface area (Å²) in [7, 11) is 0. The van der Waals surface area contributed by atoms with Gasteiger partial charge < -0.3 is 10.2 Å². The van der Waals surface area contributed by atoms with Crippen molar-refractivity contribution in [3.8, 4) is 5.75 Å². The van der Waals surface area contributed by atoms with Gasteiger partial charge in [-0.05, 0) is 24.1 Å². The van der Waals surface area contributed by atoms with Gasteiger partial charge in [0, 0.05) is 16.8 Å². The number of phenols is 1. The van der Waals surface area contributed by atoms with Crippen LogP contribution in [0.3, 0.4) is 0 Å². The zero-order chi connectivity index (χ0) is 12.1. The number of aliphatic imine (C=N–C) groups is 1. The number of phenolic OH excluding ortho intramolecular Hbond substituents is 1. The van der Waals surface area contributed by atoms with E-state index in [9.17, 15) is 5.11 Å². The summed E-state index contributed by atoms with van der Waals surface area (Å²) < 4.78 is 0. The molecule has 0 aliphatic carbocycles. The summed E-state index contributed by atoms with van der Waals surface area (Å²) >= 11 is 5.81. The van der Waals surface area contributed by atoms with Gasteiger partial charge in [0.15, 0.2) is 0 Å². The SMILES string of the molecule is CC(C)C(CO)N=Cc1cc(Cl)ccc1O. The Balaban J connectivity index is 2.86. The van der Waals surface area contributed by atoms with Crippen LogP contribution in [0.5, 0.6) is 5.75 Å². The summed E-state index contributed by atoms with van der Waals surface area (Å²) in [6.07, 6.45) is 1.54. The Morgan fingerprint density at radius 3 is 2.69 bits per heavy atom. The standard InChI is InChI=1S/C12H16ClNO2/c1-8(2)11(7-15)14-6-9-5-10(13)3-4-12(9)16/h3-6,8,11,15-16H,7H2,1-2H3. The maximum atomic E-state index is 9.55. The van der Waals surface area contributed by atoms with Crippen molar-refractivity contribution in [1.82, 2.24) is 0 Å². The lowest BCUT2D eigenvalue weighted by molar-refractivity contribution is 0.240. The minimum absolute atomic E-state index is 0.00447. The van der Waals surface area contributed by atoms with Crippen LogP contribution in [0.15, 0.2) is 23.2 Å². The highest BCUT2D eigenvalue weighted by molar-refractivity contribution is 6.30. The molecule has 0 spiro atoms. The van der Waals surface area contributed by atoms with E-state index >= 15 is 0 Å². The van der Waals surface area contributed by atoms with Gasteiger partial charge >= 0.3 is 0 Å². The third-order valence-electron chi connectivity index (χ3n) is 2.35. The third kappa shape index (κ3) is 3.51. The minimum atomic E-state index is -0.154. The van der Waals surface area contributed by atoms with E-state index in [-0.39, 0.29) is 24.3 Å². The van der Waals surface area contributed by atoms with E-state index in [1.165, 1.54) is 6.07 Å². The molecular formula is C12H16ClNO2. The zero-order valence-corrected chi connectivity index (χ0v) is 10.1. The molecule has 3 nitrogen and oxygen atoms in total. The second-order valence-corrected chi connectivity index (χ2v) is 4.41. The quantitative estimate of drug-likeness (QED) is 0.796. The van der Waals surface area contributed by atoms with Gasteiger partial charge in [0.2, 0.25) is 0 Å². The lowest BCUT2D eigenvalue weighted by Crippen LogP contribution is -2.17. The van der Waals surface area contributed by atoms with Crippen molar-refractivity contribution in [1.29, 1.82) is 0 Å². The number of hydrogen-bond donors (Lipinski definition) is 2. The molecular weight excluding hydrogens is 226 g/mol. The van der Waals surface area contributed by atoms with E-state index in [0.717, 1.165) is 0 Å². The van der Waals surface area contributed by atoms with Crippen LogP contribution in [0.4, 0.5) is 0 Å². The normalized spacial score (nSPS) is 13.6. The Kier molecular flexibility index (Phi) is 4.77. The number of hydrogen-bond acceptors (Lipinski definition) is 3. The first-order valence-electron chi connectivity index (χ1n) is 5.17. The topological polar surface area (TPSA) is 52.8 Å². The van der Waals surface area contributed by atoms with Crippen LogP contribution in [-0.2, 0) is 0 Å². The third-order valence-corrected chi connectivity index (χ3v) is 2.59. The minimum Gasteiger partial charge on any atom is -0.507 e. The number of halogens is 1. The fraction of sp³-hybridized carbons (Fsp3) is 0.417. The molecule has 0 aliphatic heterocycles. The highest BCUT2D eigenvalue weighted by atomic mass is 35.5. The summed E-state index contributed by atoms with van der Waals surface area (Å²) in [5.41, 5.74) is 0.562. The Labute approximate surface area is 100 Å². The van der Waals surface area contributed by atoms with E-state index in [0.29, 0.717) is 10.6 Å². The molecule has 1 aromatic carbocycles. The maximum Gasteiger partial charge on any atom is 0.124 e. The molecule has 1 aromatic rings. The van der Waals surface area contributed by atoms with Gasteiger partial charge in [-0.2, -0.15) is 0 Å². The smallest absolute Gasteiger partial charge is 0.124 e. The summed E-state index contributed by atoms with van der Waals surface area (Å²) in [5.74, 6) is 0.385. The van der Waals surface area contributed by atoms with Gasteiger partial charge in [-0.1, -0.05) is 25.4 Å². The maximum absolute atomic E-state index is 9.55. The predicted molar refractivity (Wildman–Crippen MR) is 66.4 cm³/mol. The molecule has 1 unspecified atom stereocenters. The Hall–Kier alpha value is -1.06. The molecule has 2 N–H and O–H groups in total. The molecule has 0 aromatic heterocycles. The Morgan fingerprint density at radius 1 is 1.44 bits per heavy atom. The molecule has 88 valence electrons. The number of aliphatic hydroxyl groups is 1. The van der Waals surface area contributed by atoms with Gasteiger partial charge in [0.1, 0.15) is 5.75 Å². The first-order valence-corrected chi connectivity index (χ1v) is 5.55. The van der Waals surface area contributed by atoms with Crippen LogP contribution >= 0.6 is 11.6 Å². The van der Waals surface area contributed by atoms with E-state index in [4.69, 9.17) is 16.7 Å². The van der Waals surface area contributed by atoms with Crippen molar-refractivity contribution in [3.63, 3.8) is 0 Å². The van der Waals surface area contributed by atoms with Crippen molar-refractivity contribution < 1.29 is 10.2 Å². The van der Waals surface area contributed by atoms with Crippen LogP contribution in [-0.4, -0.2) is 29.1 Å². The van der Waals surface area contributed by atoms with Gasteiger partial charge in [-0.15, -0.1) is 0 Å². The number of benzene rings is 1. The molecule has 16 heavy (non-hydrogen) atoms. The van der Waals surface area contributed by atoms with Crippen LogP contribution in [0.25, 0.3) is 0 Å². The van der Waals surface area contributed by atoms with Gasteiger partial charge in [-0.25, -0.2) is 0 Å². The van der Waals surface area contributed by atoms with Crippen molar-refractivity contribution in [2.24, 2.45) is 10.9 Å². The number of aromatic hydroxyl groups is 1. The second kappa shape index (κ2) is 5.87. The summed E-state index contributed by atoms with van der Waals surface area (Å²) in [6, 6.07) is 4.61. The molecule has 0 heterocycles. The molecule has 0 bridgehead atoms. The molecule has 1 rings (SSSR count). The van der Waals surface area contributed by atoms with Crippen molar-refractivity contribution in [3.05, 3.63) is 28.8 Å². The predicted octanol–water partition coefficient (Wildman–Crippen LogP) is 2.48. The van der Waals surface area contributed by atoms with Crippen LogP contribution in [0, 0.1) is 5.92 Å². The van der Waals surface area contributed by atoms with Gasteiger partial charge in [0.05, 0.1) is 12.6 Å². The molecule has 0 radical (unpaired) electrons. The van der Waals surface area contributed by atoms with E-state index in [2.05, 4.69) is 4.99 Å². The van der Waals surface area contributed by atoms with Crippen molar-refractivity contribution >= 4 is 17.8 Å². The lowest BCUT2D eigenvalue weighted by Gasteiger charge is -2.12. The fourth-order valence-corrected chi connectivity index (χ4v) is 1.42. The largest absolute Gasteiger partial charge is 0.507 e. The summed E-state index contributed by atoms with van der Waals surface area (Å²) in [4.78, 5) is 4.22. The highest BCUT2D eigenvalue weighted by Crippen LogP contribution is 2.20. The monoisotopic (exact) mass is 241 g/mol. The Bertz CT molecular complexity index is 377. The van der Waals surface area contributed by atoms with Gasteiger partial charge in [0.25, 0.3) is 0 Å². The molecule has 0 saturated heterocycles. The van der Waals surface area contributed by atoms with Crippen LogP contribution in [0.1, 0.15) is 19.4 Å². The second-order valence-electron chi connectivity index (χ2n) is 3.98. The van der Waals surface area contributed by atoms with Crippen molar-refractivity contribution in [2.45, 2.75) is 19.9 Å². The van der Waals surface area contributed by atoms with Crippen LogP contribution in [0.2, 0.25) is 5.02 Å². The summed E-state index contributed by atoms with van der Waals surface area (Å²) in [6.45, 7) is 3.96. The molecule has 0 amide bonds. The van der Waals surface area contributed by atoms with E-state index in [1.54, 1.807) is 18.3 Å². The molecule has 4 heteroatoms. The number of rotatable bonds is 4. The zero-order valence-electron chi connectivity index (χ0n) is 9.39. The summed E-state index contributed by atoms with van der Waals surface area (Å²) in [5, 5.41) is 19.2. The van der Waals surface area contributed by atoms with E-state index in [1.807, 2.05) is 13.8 Å². The molecule has 1 atom stereocenters. The average molecular weight is 242 g/mol. The fourth-order valence-electron chi connectivity index (χ4n) is 1.23. The lowest BCUT2D eigenvalue weighted by atomic mass is 10.1. The first kappa shape index (κ1) is 13.0. The van der Waals surface area contributed by atoms with Crippen LogP contribution < -0.4 is 0 Å². The molecule has 0 fully saturated rings. The first-order chi connectivity index (χ1) is 7.54.